The molecule has 124 valence electrons. The Labute approximate surface area is 135 Å². The van der Waals surface area contributed by atoms with Crippen LogP contribution in [-0.4, -0.2) is 0 Å². The molecule has 0 amide bonds. The smallest absolute Gasteiger partial charge is 0.00861 e. The molecule has 1 fully saturated rings. The highest BCUT2D eigenvalue weighted by molar-refractivity contribution is 5.51. The van der Waals surface area contributed by atoms with E-state index in [1.54, 1.807) is 22.3 Å². The second-order valence-corrected chi connectivity index (χ2v) is 7.80. The first kappa shape index (κ1) is 20.5. The lowest BCUT2D eigenvalue weighted by atomic mass is 9.79. The Hall–Kier alpha value is -0.520. The number of allylic oxidation sites excluding steroid dienone is 4. The van der Waals surface area contributed by atoms with E-state index < -0.39 is 0 Å². The Kier molecular flexibility index (Phi) is 8.00. The summed E-state index contributed by atoms with van der Waals surface area (Å²) in [7, 11) is 0. The van der Waals surface area contributed by atoms with E-state index in [2.05, 4.69) is 41.5 Å². The predicted octanol–water partition coefficient (Wildman–Crippen LogP) is 7.70. The molecule has 0 aromatic carbocycles. The number of hydrogen-bond acceptors (Lipinski definition) is 0. The Morgan fingerprint density at radius 3 is 1.10 bits per heavy atom. The standard InChI is InChI=1S/C17H28.2C2H6/c1-16(2,3)14-11-15(17(4,5)6)13-10-8-7-9-12(13)14;2*1-2/h7-11H2,1-6H3;2*1-2H3. The molecular weight excluding hydrogens is 252 g/mol. The van der Waals surface area contributed by atoms with Crippen LogP contribution in [-0.2, 0) is 0 Å². The van der Waals surface area contributed by atoms with Crippen LogP contribution in [0.5, 0.6) is 0 Å². The first-order valence-corrected chi connectivity index (χ1v) is 9.16. The third kappa shape index (κ3) is 5.01. The Bertz CT molecular complexity index is 339. The summed E-state index contributed by atoms with van der Waals surface area (Å²) in [6.07, 6.45) is 6.71. The molecule has 2 aliphatic rings. The minimum absolute atomic E-state index is 0.352. The molecule has 0 radical (unpaired) electrons. The summed E-state index contributed by atoms with van der Waals surface area (Å²) in [5.41, 5.74) is 7.66. The summed E-state index contributed by atoms with van der Waals surface area (Å²) in [4.78, 5) is 0. The molecule has 0 aromatic heterocycles. The van der Waals surface area contributed by atoms with Gasteiger partial charge < -0.3 is 0 Å². The molecule has 0 N–H and O–H groups in total. The highest BCUT2D eigenvalue weighted by Gasteiger charge is 2.35. The van der Waals surface area contributed by atoms with Crippen molar-refractivity contribution in [1.29, 1.82) is 0 Å². The SMILES string of the molecule is CC.CC.CC(C)(C)C1=C2CCCCC2=C(C(C)(C)C)C1. The first-order chi connectivity index (χ1) is 9.71. The predicted molar refractivity (Wildman–Crippen MR) is 98.7 cm³/mol. The van der Waals surface area contributed by atoms with Gasteiger partial charge in [-0.25, -0.2) is 0 Å². The van der Waals surface area contributed by atoms with E-state index in [9.17, 15) is 0 Å². The van der Waals surface area contributed by atoms with Crippen molar-refractivity contribution in [2.45, 2.75) is 101 Å². The average Bonchev–Trinajstić information content (AvgIpc) is 2.82. The molecule has 0 saturated heterocycles. The molecule has 0 aromatic rings. The van der Waals surface area contributed by atoms with Crippen LogP contribution in [0.1, 0.15) is 101 Å². The van der Waals surface area contributed by atoms with Gasteiger partial charge in [0, 0.05) is 0 Å². The molecule has 0 spiro atoms. The van der Waals surface area contributed by atoms with Gasteiger partial charge in [0.1, 0.15) is 0 Å². The maximum atomic E-state index is 2.38. The molecule has 0 nitrogen and oxygen atoms in total. The van der Waals surface area contributed by atoms with Crippen LogP contribution in [0, 0.1) is 10.8 Å². The fourth-order valence-corrected chi connectivity index (χ4v) is 3.40. The van der Waals surface area contributed by atoms with Crippen LogP contribution in [0.4, 0.5) is 0 Å². The monoisotopic (exact) mass is 292 g/mol. The third-order valence-electron chi connectivity index (χ3n) is 4.36. The van der Waals surface area contributed by atoms with Gasteiger partial charge in [0.05, 0.1) is 0 Å². The molecule has 2 aliphatic carbocycles. The van der Waals surface area contributed by atoms with E-state index in [0.717, 1.165) is 0 Å². The lowest BCUT2D eigenvalue weighted by Gasteiger charge is -2.26. The van der Waals surface area contributed by atoms with Gasteiger partial charge in [-0.3, -0.25) is 0 Å². The second-order valence-electron chi connectivity index (χ2n) is 7.80. The van der Waals surface area contributed by atoms with Gasteiger partial charge in [-0.1, -0.05) is 80.4 Å². The lowest BCUT2D eigenvalue weighted by molar-refractivity contribution is 0.455. The normalized spacial score (nSPS) is 18.6. The van der Waals surface area contributed by atoms with Gasteiger partial charge in [0.2, 0.25) is 0 Å². The maximum absolute atomic E-state index is 2.38. The molecule has 0 heterocycles. The van der Waals surface area contributed by atoms with Crippen LogP contribution in [0.2, 0.25) is 0 Å². The van der Waals surface area contributed by atoms with Gasteiger partial charge in [0.25, 0.3) is 0 Å². The fraction of sp³-hybridized carbons (Fsp3) is 0.810. The summed E-state index contributed by atoms with van der Waals surface area (Å²) < 4.78 is 0. The summed E-state index contributed by atoms with van der Waals surface area (Å²) >= 11 is 0. The van der Waals surface area contributed by atoms with Gasteiger partial charge in [-0.15, -0.1) is 0 Å². The fourth-order valence-electron chi connectivity index (χ4n) is 3.40. The van der Waals surface area contributed by atoms with E-state index in [-0.39, 0.29) is 0 Å². The van der Waals surface area contributed by atoms with Crippen LogP contribution in [0.3, 0.4) is 0 Å². The minimum atomic E-state index is 0.352. The van der Waals surface area contributed by atoms with Gasteiger partial charge in [-0.2, -0.15) is 0 Å². The van der Waals surface area contributed by atoms with Crippen molar-refractivity contribution in [3.05, 3.63) is 22.3 Å². The molecular formula is C21H40. The summed E-state index contributed by atoms with van der Waals surface area (Å²) in [5, 5.41) is 0. The maximum Gasteiger partial charge on any atom is -0.00861 e. The summed E-state index contributed by atoms with van der Waals surface area (Å²) in [6, 6.07) is 0. The molecule has 0 bridgehead atoms. The molecule has 21 heavy (non-hydrogen) atoms. The topological polar surface area (TPSA) is 0 Å². The van der Waals surface area contributed by atoms with Crippen molar-refractivity contribution in [1.82, 2.24) is 0 Å². The van der Waals surface area contributed by atoms with Gasteiger partial charge in [-0.05, 0) is 54.1 Å². The zero-order chi connectivity index (χ0) is 16.8. The second kappa shape index (κ2) is 8.20. The van der Waals surface area contributed by atoms with Crippen LogP contribution in [0.15, 0.2) is 22.3 Å². The van der Waals surface area contributed by atoms with Crippen LogP contribution < -0.4 is 0 Å². The van der Waals surface area contributed by atoms with E-state index >= 15 is 0 Å². The largest absolute Gasteiger partial charge is 0.0683 e. The van der Waals surface area contributed by atoms with E-state index in [1.165, 1.54) is 32.1 Å². The van der Waals surface area contributed by atoms with Gasteiger partial charge >= 0.3 is 0 Å². The van der Waals surface area contributed by atoms with E-state index in [0.29, 0.717) is 10.8 Å². The molecule has 0 heteroatoms. The minimum Gasteiger partial charge on any atom is -0.0683 e. The van der Waals surface area contributed by atoms with Crippen LogP contribution in [0.25, 0.3) is 0 Å². The quantitative estimate of drug-likeness (QED) is 0.429. The van der Waals surface area contributed by atoms with Crippen molar-refractivity contribution >= 4 is 0 Å². The van der Waals surface area contributed by atoms with Crippen molar-refractivity contribution in [3.63, 3.8) is 0 Å². The number of rotatable bonds is 0. The highest BCUT2D eigenvalue weighted by atomic mass is 14.4. The van der Waals surface area contributed by atoms with Gasteiger partial charge in [0.15, 0.2) is 0 Å². The molecule has 0 unspecified atom stereocenters. The van der Waals surface area contributed by atoms with Crippen molar-refractivity contribution in [2.75, 3.05) is 0 Å². The van der Waals surface area contributed by atoms with Crippen molar-refractivity contribution < 1.29 is 0 Å². The van der Waals surface area contributed by atoms with E-state index in [4.69, 9.17) is 0 Å². The molecule has 0 atom stereocenters. The lowest BCUT2D eigenvalue weighted by Crippen LogP contribution is -2.13. The Morgan fingerprint density at radius 1 is 0.571 bits per heavy atom. The zero-order valence-electron chi connectivity index (χ0n) is 16.5. The number of hydrogen-bond donors (Lipinski definition) is 0. The number of fused-ring (bicyclic) bond motifs is 1. The van der Waals surface area contributed by atoms with Crippen LogP contribution >= 0.6 is 0 Å². The van der Waals surface area contributed by atoms with Crippen molar-refractivity contribution in [2.24, 2.45) is 10.8 Å². The molecule has 0 aliphatic heterocycles. The molecule has 2 rings (SSSR count). The van der Waals surface area contributed by atoms with E-state index in [1.807, 2.05) is 27.7 Å². The Morgan fingerprint density at radius 2 is 0.857 bits per heavy atom. The average molecular weight is 293 g/mol. The summed E-state index contributed by atoms with van der Waals surface area (Å²) in [6.45, 7) is 22.3. The Balaban J connectivity index is 0.000000921. The summed E-state index contributed by atoms with van der Waals surface area (Å²) in [5.74, 6) is 0. The zero-order valence-corrected chi connectivity index (χ0v) is 16.5. The highest BCUT2D eigenvalue weighted by Crippen LogP contribution is 2.51. The van der Waals surface area contributed by atoms with Crippen molar-refractivity contribution in [3.8, 4) is 0 Å². The first-order valence-electron chi connectivity index (χ1n) is 9.16. The molecule has 1 saturated carbocycles. The third-order valence-corrected chi connectivity index (χ3v) is 4.36.